The first-order chi connectivity index (χ1) is 8.81. The van der Waals surface area contributed by atoms with Gasteiger partial charge in [-0.2, -0.15) is 0 Å². The Kier molecular flexibility index (Phi) is 3.21. The second-order valence-corrected chi connectivity index (χ2v) is 5.44. The SMILES string of the molecule is Brc1cccc(Cn2cc(-c3cscn3)nn2)c1. The van der Waals surface area contributed by atoms with Crippen LogP contribution >= 0.6 is 27.3 Å². The number of thiazole rings is 1. The first-order valence-corrected chi connectivity index (χ1v) is 7.08. The third kappa shape index (κ3) is 2.49. The van der Waals surface area contributed by atoms with E-state index in [1.165, 1.54) is 5.56 Å². The van der Waals surface area contributed by atoms with Crippen LogP contribution in [-0.4, -0.2) is 20.0 Å². The fourth-order valence-corrected chi connectivity index (χ4v) is 2.65. The molecule has 2 heterocycles. The Morgan fingerprint density at radius 1 is 1.28 bits per heavy atom. The van der Waals surface area contributed by atoms with Crippen LogP contribution < -0.4 is 0 Å². The van der Waals surface area contributed by atoms with Gasteiger partial charge in [-0.25, -0.2) is 9.67 Å². The van der Waals surface area contributed by atoms with E-state index >= 15 is 0 Å². The Morgan fingerprint density at radius 2 is 2.22 bits per heavy atom. The van der Waals surface area contributed by atoms with Gasteiger partial charge in [0.05, 0.1) is 18.3 Å². The topological polar surface area (TPSA) is 43.6 Å². The lowest BCUT2D eigenvalue weighted by Gasteiger charge is -2.00. The van der Waals surface area contributed by atoms with Gasteiger partial charge in [-0.1, -0.05) is 33.3 Å². The van der Waals surface area contributed by atoms with Gasteiger partial charge in [0.15, 0.2) is 0 Å². The van der Waals surface area contributed by atoms with E-state index in [2.05, 4.69) is 43.4 Å². The lowest BCUT2D eigenvalue weighted by Crippen LogP contribution is -2.00. The van der Waals surface area contributed by atoms with Crippen molar-refractivity contribution in [3.63, 3.8) is 0 Å². The highest BCUT2D eigenvalue weighted by Gasteiger charge is 2.05. The minimum absolute atomic E-state index is 0.705. The molecular weight excluding hydrogens is 312 g/mol. The van der Waals surface area contributed by atoms with E-state index in [1.54, 1.807) is 16.8 Å². The Balaban J connectivity index is 1.82. The molecule has 0 bridgehead atoms. The summed E-state index contributed by atoms with van der Waals surface area (Å²) >= 11 is 5.01. The summed E-state index contributed by atoms with van der Waals surface area (Å²) in [6, 6.07) is 8.16. The van der Waals surface area contributed by atoms with Crippen LogP contribution in [-0.2, 0) is 6.54 Å². The second-order valence-electron chi connectivity index (χ2n) is 3.80. The van der Waals surface area contributed by atoms with E-state index in [1.807, 2.05) is 28.4 Å². The fourth-order valence-electron chi connectivity index (χ4n) is 1.65. The van der Waals surface area contributed by atoms with Gasteiger partial charge in [0.25, 0.3) is 0 Å². The number of benzene rings is 1. The zero-order valence-corrected chi connectivity index (χ0v) is 11.7. The van der Waals surface area contributed by atoms with Gasteiger partial charge < -0.3 is 0 Å². The fraction of sp³-hybridized carbons (Fsp3) is 0.0833. The number of halogens is 1. The van der Waals surface area contributed by atoms with Crippen molar-refractivity contribution in [2.45, 2.75) is 6.54 Å². The third-order valence-electron chi connectivity index (χ3n) is 2.47. The number of nitrogens with zero attached hydrogens (tertiary/aromatic N) is 4. The molecule has 0 unspecified atom stereocenters. The number of aromatic nitrogens is 4. The summed E-state index contributed by atoms with van der Waals surface area (Å²) in [5.41, 5.74) is 4.66. The average Bonchev–Trinajstić information content (AvgIpc) is 2.98. The van der Waals surface area contributed by atoms with Crippen LogP contribution in [0.2, 0.25) is 0 Å². The zero-order valence-electron chi connectivity index (χ0n) is 9.32. The van der Waals surface area contributed by atoms with Crippen LogP contribution in [0.3, 0.4) is 0 Å². The molecule has 0 aliphatic rings. The van der Waals surface area contributed by atoms with Crippen LogP contribution in [0.15, 0.2) is 45.8 Å². The maximum atomic E-state index is 4.22. The molecule has 0 saturated carbocycles. The highest BCUT2D eigenvalue weighted by molar-refractivity contribution is 9.10. The quantitative estimate of drug-likeness (QED) is 0.744. The van der Waals surface area contributed by atoms with Crippen molar-refractivity contribution in [1.82, 2.24) is 20.0 Å². The largest absolute Gasteiger partial charge is 0.247 e. The van der Waals surface area contributed by atoms with E-state index in [-0.39, 0.29) is 0 Å². The summed E-state index contributed by atoms with van der Waals surface area (Å²) < 4.78 is 2.89. The smallest absolute Gasteiger partial charge is 0.132 e. The minimum Gasteiger partial charge on any atom is -0.247 e. The van der Waals surface area contributed by atoms with Crippen LogP contribution in [0.5, 0.6) is 0 Å². The molecule has 0 fully saturated rings. The summed E-state index contributed by atoms with van der Waals surface area (Å²) in [5.74, 6) is 0. The van der Waals surface area contributed by atoms with E-state index < -0.39 is 0 Å². The Morgan fingerprint density at radius 3 is 3.00 bits per heavy atom. The summed E-state index contributed by atoms with van der Waals surface area (Å²) in [6.45, 7) is 0.705. The molecule has 0 amide bonds. The molecule has 90 valence electrons. The zero-order chi connectivity index (χ0) is 12.4. The number of hydrogen-bond acceptors (Lipinski definition) is 4. The van der Waals surface area contributed by atoms with Crippen LogP contribution in [0.25, 0.3) is 11.4 Å². The molecule has 4 nitrogen and oxygen atoms in total. The van der Waals surface area contributed by atoms with Gasteiger partial charge in [0, 0.05) is 9.85 Å². The highest BCUT2D eigenvalue weighted by Crippen LogP contribution is 2.16. The van der Waals surface area contributed by atoms with Crippen LogP contribution in [0.1, 0.15) is 5.56 Å². The van der Waals surface area contributed by atoms with Gasteiger partial charge in [-0.3, -0.25) is 0 Å². The molecule has 2 aromatic heterocycles. The van der Waals surface area contributed by atoms with Gasteiger partial charge in [0.1, 0.15) is 11.4 Å². The van der Waals surface area contributed by atoms with Crippen molar-refractivity contribution in [2.24, 2.45) is 0 Å². The summed E-state index contributed by atoms with van der Waals surface area (Å²) in [6.07, 6.45) is 1.91. The van der Waals surface area contributed by atoms with Gasteiger partial charge in [-0.15, -0.1) is 16.4 Å². The van der Waals surface area contributed by atoms with Crippen molar-refractivity contribution in [1.29, 1.82) is 0 Å². The van der Waals surface area contributed by atoms with E-state index in [0.717, 1.165) is 15.9 Å². The molecule has 18 heavy (non-hydrogen) atoms. The molecule has 3 rings (SSSR count). The van der Waals surface area contributed by atoms with E-state index in [0.29, 0.717) is 6.54 Å². The normalized spacial score (nSPS) is 10.7. The Bertz CT molecular complexity index is 648. The molecule has 0 aliphatic heterocycles. The van der Waals surface area contributed by atoms with Gasteiger partial charge >= 0.3 is 0 Å². The number of rotatable bonds is 3. The average molecular weight is 321 g/mol. The minimum atomic E-state index is 0.705. The lowest BCUT2D eigenvalue weighted by molar-refractivity contribution is 0.649. The predicted octanol–water partition coefficient (Wildman–Crippen LogP) is 3.21. The number of hydrogen-bond donors (Lipinski definition) is 0. The Hall–Kier alpha value is -1.53. The molecular formula is C12H9BrN4S. The summed E-state index contributed by atoms with van der Waals surface area (Å²) in [5, 5.41) is 10.2. The van der Waals surface area contributed by atoms with Crippen molar-refractivity contribution >= 4 is 27.3 Å². The van der Waals surface area contributed by atoms with Crippen LogP contribution in [0.4, 0.5) is 0 Å². The van der Waals surface area contributed by atoms with Gasteiger partial charge in [-0.05, 0) is 17.7 Å². The molecule has 0 aliphatic carbocycles. The predicted molar refractivity (Wildman–Crippen MR) is 74.4 cm³/mol. The first kappa shape index (κ1) is 11.6. The maximum absolute atomic E-state index is 4.22. The van der Waals surface area contributed by atoms with Crippen molar-refractivity contribution in [3.05, 3.63) is 51.4 Å². The molecule has 0 N–H and O–H groups in total. The Labute approximate surface area is 116 Å². The standard InChI is InChI=1S/C12H9BrN4S/c13-10-3-1-2-9(4-10)5-17-6-11(15-16-17)12-7-18-8-14-12/h1-4,6-8H,5H2. The molecule has 0 saturated heterocycles. The van der Waals surface area contributed by atoms with Crippen molar-refractivity contribution in [2.75, 3.05) is 0 Å². The molecule has 0 radical (unpaired) electrons. The first-order valence-electron chi connectivity index (χ1n) is 5.34. The maximum Gasteiger partial charge on any atom is 0.132 e. The summed E-state index contributed by atoms with van der Waals surface area (Å²) in [7, 11) is 0. The van der Waals surface area contributed by atoms with Crippen molar-refractivity contribution in [3.8, 4) is 11.4 Å². The molecule has 0 spiro atoms. The lowest BCUT2D eigenvalue weighted by atomic mass is 10.2. The highest BCUT2D eigenvalue weighted by atomic mass is 79.9. The second kappa shape index (κ2) is 4.99. The van der Waals surface area contributed by atoms with Crippen molar-refractivity contribution < 1.29 is 0 Å². The molecule has 6 heteroatoms. The molecule has 0 atom stereocenters. The third-order valence-corrected chi connectivity index (χ3v) is 3.55. The monoisotopic (exact) mass is 320 g/mol. The molecule has 1 aromatic carbocycles. The van der Waals surface area contributed by atoms with E-state index in [9.17, 15) is 0 Å². The van der Waals surface area contributed by atoms with Gasteiger partial charge in [0.2, 0.25) is 0 Å². The van der Waals surface area contributed by atoms with E-state index in [4.69, 9.17) is 0 Å². The van der Waals surface area contributed by atoms with Crippen LogP contribution in [0, 0.1) is 0 Å². The molecule has 3 aromatic rings. The summed E-state index contributed by atoms with van der Waals surface area (Å²) in [4.78, 5) is 4.22.